The maximum Gasteiger partial charge on any atom is 0.507 e. The van der Waals surface area contributed by atoms with Crippen LogP contribution in [0.5, 0.6) is 5.88 Å². The van der Waals surface area contributed by atoms with Gasteiger partial charge in [0, 0.05) is 6.07 Å². The van der Waals surface area contributed by atoms with Crippen LogP contribution >= 0.6 is 0 Å². The zero-order valence-electron chi connectivity index (χ0n) is 5.51. The third kappa shape index (κ3) is 1.44. The Morgan fingerprint density at radius 3 is 2.64 bits per heavy atom. The molecule has 0 fully saturated rings. The molecule has 1 aromatic rings. The minimum absolute atomic E-state index is 0.201. The molecule has 1 radical (unpaired) electrons. The van der Waals surface area contributed by atoms with Crippen LogP contribution in [0.25, 0.3) is 0 Å². The SMILES string of the molecule is COc1c[c]nn1C(F)(F)F. The highest BCUT2D eigenvalue weighted by molar-refractivity contribution is 5.06. The van der Waals surface area contributed by atoms with E-state index in [0.717, 1.165) is 13.2 Å². The molecule has 0 aliphatic heterocycles. The first-order valence-corrected chi connectivity index (χ1v) is 2.63. The van der Waals surface area contributed by atoms with Gasteiger partial charge in [-0.05, 0) is 0 Å². The highest BCUT2D eigenvalue weighted by Crippen LogP contribution is 2.26. The summed E-state index contributed by atoms with van der Waals surface area (Å²) in [6.07, 6.45) is -2.51. The summed E-state index contributed by atoms with van der Waals surface area (Å²) in [6.45, 7) is 0. The summed E-state index contributed by atoms with van der Waals surface area (Å²) >= 11 is 0. The van der Waals surface area contributed by atoms with Crippen LogP contribution in [0.4, 0.5) is 13.2 Å². The Hall–Kier alpha value is -1.20. The Morgan fingerprint density at radius 1 is 1.64 bits per heavy atom. The molecular formula is C5H4F3N2O. The average Bonchev–Trinajstić information content (AvgIpc) is 2.31. The fourth-order valence-electron chi connectivity index (χ4n) is 0.579. The molecule has 0 unspecified atom stereocenters. The molecule has 61 valence electrons. The van der Waals surface area contributed by atoms with Crippen LogP contribution in [0, 0.1) is 6.20 Å². The minimum atomic E-state index is -4.54. The van der Waals surface area contributed by atoms with E-state index in [-0.39, 0.29) is 10.6 Å². The molecule has 0 amide bonds. The Bertz CT molecular complexity index is 242. The van der Waals surface area contributed by atoms with Gasteiger partial charge in [-0.3, -0.25) is 0 Å². The number of hydrogen-bond acceptors (Lipinski definition) is 2. The Morgan fingerprint density at radius 2 is 2.27 bits per heavy atom. The predicted molar refractivity (Wildman–Crippen MR) is 28.9 cm³/mol. The van der Waals surface area contributed by atoms with Gasteiger partial charge in [-0.1, -0.05) is 0 Å². The fourth-order valence-corrected chi connectivity index (χ4v) is 0.579. The van der Waals surface area contributed by atoms with E-state index >= 15 is 0 Å². The number of ether oxygens (including phenoxy) is 1. The van der Waals surface area contributed by atoms with E-state index in [9.17, 15) is 13.2 Å². The van der Waals surface area contributed by atoms with Crippen LogP contribution in [-0.2, 0) is 6.30 Å². The van der Waals surface area contributed by atoms with E-state index in [1.165, 1.54) is 0 Å². The summed E-state index contributed by atoms with van der Waals surface area (Å²) in [5.74, 6) is -0.377. The van der Waals surface area contributed by atoms with Crippen LogP contribution < -0.4 is 4.74 Å². The van der Waals surface area contributed by atoms with Crippen molar-refractivity contribution < 1.29 is 17.9 Å². The zero-order chi connectivity index (χ0) is 8.48. The molecule has 0 bridgehead atoms. The van der Waals surface area contributed by atoms with Crippen molar-refractivity contribution in [2.75, 3.05) is 7.11 Å². The molecule has 0 atom stereocenters. The van der Waals surface area contributed by atoms with Gasteiger partial charge >= 0.3 is 6.30 Å². The average molecular weight is 165 g/mol. The summed E-state index contributed by atoms with van der Waals surface area (Å²) in [5, 5.41) is 2.90. The number of nitrogens with zero attached hydrogens (tertiary/aromatic N) is 2. The first-order chi connectivity index (χ1) is 5.05. The van der Waals surface area contributed by atoms with E-state index in [0.29, 0.717) is 0 Å². The molecule has 1 aromatic heterocycles. The molecule has 0 spiro atoms. The molecule has 1 heterocycles. The van der Waals surface area contributed by atoms with Crippen LogP contribution in [0.15, 0.2) is 6.07 Å². The monoisotopic (exact) mass is 165 g/mol. The van der Waals surface area contributed by atoms with E-state index in [1.807, 2.05) is 6.20 Å². The van der Waals surface area contributed by atoms with Crippen LogP contribution in [0.3, 0.4) is 0 Å². The topological polar surface area (TPSA) is 27.1 Å². The zero-order valence-corrected chi connectivity index (χ0v) is 5.51. The third-order valence-corrected chi connectivity index (χ3v) is 1.00. The molecule has 0 aromatic carbocycles. The summed E-state index contributed by atoms with van der Waals surface area (Å²) in [5.41, 5.74) is 0. The van der Waals surface area contributed by atoms with Crippen LogP contribution in [0.2, 0.25) is 0 Å². The molecule has 6 heteroatoms. The lowest BCUT2D eigenvalue weighted by molar-refractivity contribution is -0.214. The van der Waals surface area contributed by atoms with Gasteiger partial charge in [0.15, 0.2) is 0 Å². The molecule has 0 N–H and O–H groups in total. The number of aromatic nitrogens is 2. The van der Waals surface area contributed by atoms with Crippen molar-refractivity contribution in [3.63, 3.8) is 0 Å². The van der Waals surface area contributed by atoms with Crippen molar-refractivity contribution in [3.05, 3.63) is 12.3 Å². The van der Waals surface area contributed by atoms with Gasteiger partial charge < -0.3 is 4.74 Å². The van der Waals surface area contributed by atoms with Crippen molar-refractivity contribution in [3.8, 4) is 5.88 Å². The first kappa shape index (κ1) is 7.90. The Labute approximate surface area is 60.4 Å². The quantitative estimate of drug-likeness (QED) is 0.624. The van der Waals surface area contributed by atoms with Crippen molar-refractivity contribution in [1.82, 2.24) is 9.78 Å². The van der Waals surface area contributed by atoms with Gasteiger partial charge in [-0.2, -0.15) is 5.10 Å². The second-order valence-electron chi connectivity index (χ2n) is 1.70. The molecule has 3 nitrogen and oxygen atoms in total. The number of hydrogen-bond donors (Lipinski definition) is 0. The number of methoxy groups -OCH3 is 1. The summed E-state index contributed by atoms with van der Waals surface area (Å²) in [7, 11) is 1.13. The van der Waals surface area contributed by atoms with E-state index in [1.54, 1.807) is 0 Å². The first-order valence-electron chi connectivity index (χ1n) is 2.63. The number of halogens is 3. The van der Waals surface area contributed by atoms with Crippen LogP contribution in [0.1, 0.15) is 0 Å². The van der Waals surface area contributed by atoms with Gasteiger partial charge in [0.25, 0.3) is 0 Å². The Balaban J connectivity index is 3.02. The van der Waals surface area contributed by atoms with Gasteiger partial charge in [-0.25, -0.2) is 0 Å². The minimum Gasteiger partial charge on any atom is -0.481 e. The highest BCUT2D eigenvalue weighted by atomic mass is 19.4. The lowest BCUT2D eigenvalue weighted by Gasteiger charge is -2.07. The summed E-state index contributed by atoms with van der Waals surface area (Å²) in [4.78, 5) is 0. The number of rotatable bonds is 1. The standard InChI is InChI=1S/C5H4F3N2O/c1-11-4-2-3-9-10(4)5(6,7)8/h2H,1H3. The fraction of sp³-hybridized carbons (Fsp3) is 0.400. The third-order valence-electron chi connectivity index (χ3n) is 1.00. The van der Waals surface area contributed by atoms with E-state index in [2.05, 4.69) is 9.84 Å². The second kappa shape index (κ2) is 2.44. The molecule has 0 aliphatic carbocycles. The summed E-state index contributed by atoms with van der Waals surface area (Å²) < 4.78 is 39.8. The molecular weight excluding hydrogens is 161 g/mol. The van der Waals surface area contributed by atoms with Gasteiger partial charge in [-0.15, -0.1) is 17.9 Å². The van der Waals surface area contributed by atoms with Crippen molar-refractivity contribution in [1.29, 1.82) is 0 Å². The predicted octanol–water partition coefficient (Wildman–Crippen LogP) is 1.17. The van der Waals surface area contributed by atoms with Crippen LogP contribution in [-0.4, -0.2) is 16.9 Å². The van der Waals surface area contributed by atoms with E-state index < -0.39 is 6.30 Å². The van der Waals surface area contributed by atoms with Gasteiger partial charge in [0.1, 0.15) is 6.20 Å². The smallest absolute Gasteiger partial charge is 0.481 e. The lowest BCUT2D eigenvalue weighted by atomic mass is 10.7. The van der Waals surface area contributed by atoms with Gasteiger partial charge in [0.2, 0.25) is 5.88 Å². The highest BCUT2D eigenvalue weighted by Gasteiger charge is 2.34. The largest absolute Gasteiger partial charge is 0.507 e. The summed E-state index contributed by atoms with van der Waals surface area (Å²) in [6, 6.07) is 1.01. The lowest BCUT2D eigenvalue weighted by Crippen LogP contribution is -2.18. The molecule has 0 saturated heterocycles. The maximum absolute atomic E-state index is 11.9. The second-order valence-corrected chi connectivity index (χ2v) is 1.70. The molecule has 1 rings (SSSR count). The normalized spacial score (nSPS) is 11.6. The molecule has 0 aliphatic rings. The Kier molecular flexibility index (Phi) is 1.76. The molecule has 11 heavy (non-hydrogen) atoms. The maximum atomic E-state index is 11.9. The van der Waals surface area contributed by atoms with E-state index in [4.69, 9.17) is 0 Å². The number of alkyl halides is 3. The van der Waals surface area contributed by atoms with Crippen molar-refractivity contribution in [2.24, 2.45) is 0 Å². The van der Waals surface area contributed by atoms with Gasteiger partial charge in [0.05, 0.1) is 7.11 Å². The molecule has 0 saturated carbocycles. The van der Waals surface area contributed by atoms with Crippen molar-refractivity contribution in [2.45, 2.75) is 6.30 Å². The van der Waals surface area contributed by atoms with Crippen molar-refractivity contribution >= 4 is 0 Å².